The lowest BCUT2D eigenvalue weighted by Gasteiger charge is -2.27. The van der Waals surface area contributed by atoms with Gasteiger partial charge >= 0.3 is 24.3 Å². The van der Waals surface area contributed by atoms with Crippen LogP contribution in [-0.4, -0.2) is 48.8 Å². The normalized spacial score (nSPS) is 20.7. The van der Waals surface area contributed by atoms with Gasteiger partial charge in [0.05, 0.1) is 24.3 Å². The van der Waals surface area contributed by atoms with E-state index in [0.29, 0.717) is 17.8 Å². The number of amides is 3. The van der Waals surface area contributed by atoms with Gasteiger partial charge in [-0.3, -0.25) is 5.32 Å². The lowest BCUT2D eigenvalue weighted by molar-refractivity contribution is -0.137. The Balaban J connectivity index is 1.29. The zero-order chi connectivity index (χ0) is 25.9. The molecular formula is C25H26F3N3O5. The van der Waals surface area contributed by atoms with Crippen molar-refractivity contribution >= 4 is 29.5 Å². The number of carbonyl (C=O) groups is 3. The number of piperidine rings is 1. The van der Waals surface area contributed by atoms with E-state index in [1.807, 2.05) is 0 Å². The maximum Gasteiger partial charge on any atom is 0.416 e. The van der Waals surface area contributed by atoms with Crippen molar-refractivity contribution in [2.45, 2.75) is 32.0 Å². The van der Waals surface area contributed by atoms with E-state index in [2.05, 4.69) is 10.6 Å². The third kappa shape index (κ3) is 5.72. The second kappa shape index (κ2) is 10.5. The van der Waals surface area contributed by atoms with Crippen LogP contribution in [0.25, 0.3) is 0 Å². The molecule has 2 bridgehead atoms. The predicted octanol–water partition coefficient (Wildman–Crippen LogP) is 5.37. The van der Waals surface area contributed by atoms with Gasteiger partial charge in [0, 0.05) is 29.9 Å². The van der Waals surface area contributed by atoms with Crippen LogP contribution in [0.4, 0.5) is 34.1 Å². The van der Waals surface area contributed by atoms with Crippen LogP contribution in [0.5, 0.6) is 0 Å². The van der Waals surface area contributed by atoms with Gasteiger partial charge in [0.2, 0.25) is 0 Å². The van der Waals surface area contributed by atoms with Crippen LogP contribution >= 0.6 is 0 Å². The first-order valence-electron chi connectivity index (χ1n) is 11.6. The molecule has 2 N–H and O–H groups in total. The number of halogens is 3. The number of fused-ring (bicyclic) bond motifs is 2. The first kappa shape index (κ1) is 25.3. The minimum Gasteiger partial charge on any atom is -0.462 e. The molecule has 1 aliphatic carbocycles. The summed E-state index contributed by atoms with van der Waals surface area (Å²) in [5.74, 6) is -0.375. The molecule has 1 aliphatic heterocycles. The number of hydrogen-bond donors (Lipinski definition) is 2. The lowest BCUT2D eigenvalue weighted by atomic mass is 9.99. The van der Waals surface area contributed by atoms with Gasteiger partial charge in [-0.15, -0.1) is 0 Å². The van der Waals surface area contributed by atoms with E-state index in [-0.39, 0.29) is 36.8 Å². The molecule has 1 saturated heterocycles. The van der Waals surface area contributed by atoms with Crippen LogP contribution in [0.2, 0.25) is 0 Å². The molecule has 1 saturated carbocycles. The predicted molar refractivity (Wildman–Crippen MR) is 125 cm³/mol. The van der Waals surface area contributed by atoms with Gasteiger partial charge in [-0.05, 0) is 68.1 Å². The molecule has 11 heteroatoms. The second-order valence-corrected chi connectivity index (χ2v) is 8.75. The fraction of sp³-hybridized carbons (Fsp3) is 0.400. The Morgan fingerprint density at radius 1 is 1.00 bits per heavy atom. The Morgan fingerprint density at radius 2 is 1.75 bits per heavy atom. The fourth-order valence-corrected chi connectivity index (χ4v) is 4.81. The number of nitrogens with zero attached hydrogens (tertiary/aromatic N) is 1. The van der Waals surface area contributed by atoms with Crippen molar-refractivity contribution in [1.82, 2.24) is 4.90 Å². The number of nitrogens with one attached hydrogen (secondary N) is 2. The van der Waals surface area contributed by atoms with Crippen molar-refractivity contribution in [3.63, 3.8) is 0 Å². The number of rotatable bonds is 6. The molecule has 3 amide bonds. The summed E-state index contributed by atoms with van der Waals surface area (Å²) in [5.41, 5.74) is 0.174. The minimum absolute atomic E-state index is 0.0417. The first-order valence-corrected chi connectivity index (χ1v) is 11.6. The van der Waals surface area contributed by atoms with Gasteiger partial charge in [-0.25, -0.2) is 14.4 Å². The van der Waals surface area contributed by atoms with E-state index in [1.54, 1.807) is 30.0 Å². The second-order valence-electron chi connectivity index (χ2n) is 8.75. The van der Waals surface area contributed by atoms with E-state index in [0.717, 1.165) is 25.0 Å². The zero-order valence-electron chi connectivity index (χ0n) is 19.5. The number of urea groups is 1. The summed E-state index contributed by atoms with van der Waals surface area (Å²) >= 11 is 0. The zero-order valence-corrected chi connectivity index (χ0v) is 19.5. The van der Waals surface area contributed by atoms with Crippen LogP contribution in [0.1, 0.15) is 35.7 Å². The minimum atomic E-state index is -4.44. The molecule has 2 fully saturated rings. The van der Waals surface area contributed by atoms with E-state index in [9.17, 15) is 27.6 Å². The smallest absolute Gasteiger partial charge is 0.416 e. The fourth-order valence-electron chi connectivity index (χ4n) is 4.81. The quantitative estimate of drug-likeness (QED) is 0.515. The van der Waals surface area contributed by atoms with Gasteiger partial charge in [0.15, 0.2) is 0 Å². The highest BCUT2D eigenvalue weighted by molar-refractivity contribution is 5.92. The monoisotopic (exact) mass is 505 g/mol. The Labute approximate surface area is 205 Å². The van der Waals surface area contributed by atoms with Crippen LogP contribution in [0, 0.1) is 11.8 Å². The summed E-state index contributed by atoms with van der Waals surface area (Å²) in [7, 11) is 0. The number of hydrogen-bond acceptors (Lipinski definition) is 5. The van der Waals surface area contributed by atoms with Crippen LogP contribution in [0.3, 0.4) is 0 Å². The summed E-state index contributed by atoms with van der Waals surface area (Å²) in [6.07, 6.45) is -3.48. The van der Waals surface area contributed by atoms with Crippen molar-refractivity contribution < 1.29 is 37.0 Å². The number of carbonyl (C=O) groups excluding carboxylic acids is 3. The van der Waals surface area contributed by atoms with E-state index in [1.165, 1.54) is 18.2 Å². The molecule has 0 spiro atoms. The number of benzene rings is 2. The number of anilines is 2. The Kier molecular flexibility index (Phi) is 7.37. The molecule has 2 aromatic carbocycles. The largest absolute Gasteiger partial charge is 0.462 e. The highest BCUT2D eigenvalue weighted by Crippen LogP contribution is 2.43. The highest BCUT2D eigenvalue weighted by atomic mass is 19.4. The number of alkyl halides is 3. The topological polar surface area (TPSA) is 97.0 Å². The van der Waals surface area contributed by atoms with Crippen molar-refractivity contribution in [2.75, 3.05) is 30.4 Å². The SMILES string of the molecule is CCOC(=O)c1cccc(NC(=O)OCC2C3CCC2N(C(=O)Nc2ccc(C(F)(F)F)cc2)C3)c1. The average molecular weight is 505 g/mol. The molecule has 3 atom stereocenters. The van der Waals surface area contributed by atoms with Crippen molar-refractivity contribution in [1.29, 1.82) is 0 Å². The summed E-state index contributed by atoms with van der Waals surface area (Å²) in [6.45, 7) is 2.53. The highest BCUT2D eigenvalue weighted by Gasteiger charge is 2.49. The standard InChI is InChI=1S/C25H26F3N3O5/c1-2-35-22(32)15-4-3-5-19(12-15)30-24(34)36-14-20-16-6-11-21(20)31(13-16)23(33)29-18-9-7-17(8-10-18)25(26,27)28/h3-5,7-10,12,16,20-21H,2,6,11,13-14H2,1H3,(H,29,33)(H,30,34). The molecule has 0 aromatic heterocycles. The number of ether oxygens (including phenoxy) is 2. The maximum absolute atomic E-state index is 12.8. The van der Waals surface area contributed by atoms with Crippen LogP contribution in [-0.2, 0) is 15.7 Å². The van der Waals surface area contributed by atoms with Gasteiger partial charge in [-0.2, -0.15) is 13.2 Å². The maximum atomic E-state index is 12.8. The number of esters is 1. The molecule has 192 valence electrons. The molecular weight excluding hydrogens is 479 g/mol. The van der Waals surface area contributed by atoms with Crippen molar-refractivity contribution in [3.05, 3.63) is 59.7 Å². The lowest BCUT2D eigenvalue weighted by Crippen LogP contribution is -2.41. The summed E-state index contributed by atoms with van der Waals surface area (Å²) in [4.78, 5) is 38.6. The molecule has 3 unspecified atom stereocenters. The molecule has 2 aromatic rings. The third-order valence-corrected chi connectivity index (χ3v) is 6.52. The van der Waals surface area contributed by atoms with E-state index in [4.69, 9.17) is 9.47 Å². The van der Waals surface area contributed by atoms with Crippen LogP contribution in [0.15, 0.2) is 48.5 Å². The molecule has 2 aliphatic rings. The average Bonchev–Trinajstić information content (AvgIpc) is 3.40. The van der Waals surface area contributed by atoms with Gasteiger partial charge in [0.1, 0.15) is 0 Å². The van der Waals surface area contributed by atoms with Crippen molar-refractivity contribution in [2.24, 2.45) is 11.8 Å². The first-order chi connectivity index (χ1) is 17.2. The molecule has 0 radical (unpaired) electrons. The Hall–Kier alpha value is -3.76. The Bertz CT molecular complexity index is 1120. The third-order valence-electron chi connectivity index (χ3n) is 6.52. The van der Waals surface area contributed by atoms with Gasteiger partial charge < -0.3 is 19.7 Å². The Morgan fingerprint density at radius 3 is 2.44 bits per heavy atom. The van der Waals surface area contributed by atoms with Crippen LogP contribution < -0.4 is 10.6 Å². The van der Waals surface area contributed by atoms with E-state index >= 15 is 0 Å². The molecule has 4 rings (SSSR count). The van der Waals surface area contributed by atoms with Gasteiger partial charge in [-0.1, -0.05) is 6.07 Å². The number of likely N-dealkylation sites (tertiary alicyclic amines) is 1. The molecule has 36 heavy (non-hydrogen) atoms. The summed E-state index contributed by atoms with van der Waals surface area (Å²) < 4.78 is 48.6. The summed E-state index contributed by atoms with van der Waals surface area (Å²) in [6, 6.07) is 10.1. The van der Waals surface area contributed by atoms with E-state index < -0.39 is 29.8 Å². The molecule has 1 heterocycles. The van der Waals surface area contributed by atoms with Gasteiger partial charge in [0.25, 0.3) is 0 Å². The molecule has 8 nitrogen and oxygen atoms in total. The summed E-state index contributed by atoms with van der Waals surface area (Å²) in [5, 5.41) is 5.24. The van der Waals surface area contributed by atoms with Crippen molar-refractivity contribution in [3.8, 4) is 0 Å².